The number of nitrogens with zero attached hydrogens (tertiary/aromatic N) is 3. The monoisotopic (exact) mass is 417 g/mol. The summed E-state index contributed by atoms with van der Waals surface area (Å²) >= 11 is 0. The van der Waals surface area contributed by atoms with E-state index in [2.05, 4.69) is 54.2 Å². The summed E-state index contributed by atoms with van der Waals surface area (Å²) in [6.45, 7) is 4.47. The molecule has 0 radical (unpaired) electrons. The molecule has 31 heavy (non-hydrogen) atoms. The zero-order valence-corrected chi connectivity index (χ0v) is 19.6. The number of nitriles is 1. The van der Waals surface area contributed by atoms with Crippen molar-refractivity contribution in [1.29, 1.82) is 5.26 Å². The topological polar surface area (TPSA) is 49.6 Å². The second-order valence-corrected chi connectivity index (χ2v) is 9.47. The van der Waals surface area contributed by atoms with Crippen LogP contribution in [0.15, 0.2) is 36.7 Å². The molecule has 0 aliphatic heterocycles. The molecule has 0 unspecified atom stereocenters. The van der Waals surface area contributed by atoms with Crippen molar-refractivity contribution in [3.63, 3.8) is 0 Å². The molecule has 0 N–H and O–H groups in total. The molecule has 3 nitrogen and oxygen atoms in total. The molecule has 1 fully saturated rings. The molecular weight excluding hydrogens is 378 g/mol. The summed E-state index contributed by atoms with van der Waals surface area (Å²) in [5.41, 5.74) is 3.65. The molecule has 0 atom stereocenters. The number of aryl methyl sites for hydroxylation is 1. The fourth-order valence-corrected chi connectivity index (χ4v) is 4.93. The van der Waals surface area contributed by atoms with Crippen LogP contribution in [0.2, 0.25) is 0 Å². The van der Waals surface area contributed by atoms with Gasteiger partial charge in [-0.1, -0.05) is 76.6 Å². The number of unbranched alkanes of at least 4 members (excludes halogenated alkanes) is 5. The van der Waals surface area contributed by atoms with E-state index in [-0.39, 0.29) is 5.41 Å². The van der Waals surface area contributed by atoms with Gasteiger partial charge in [-0.05, 0) is 62.0 Å². The molecule has 1 aliphatic carbocycles. The molecule has 2 aromatic rings. The Balaban J connectivity index is 1.54. The Morgan fingerprint density at radius 2 is 1.55 bits per heavy atom. The molecule has 1 aliphatic rings. The Morgan fingerprint density at radius 1 is 0.903 bits per heavy atom. The first kappa shape index (κ1) is 23.5. The molecule has 166 valence electrons. The first-order valence-electron chi connectivity index (χ1n) is 12.5. The summed E-state index contributed by atoms with van der Waals surface area (Å²) in [7, 11) is 0. The van der Waals surface area contributed by atoms with E-state index in [4.69, 9.17) is 0 Å². The summed E-state index contributed by atoms with van der Waals surface area (Å²) in [5, 5.41) is 9.79. The van der Waals surface area contributed by atoms with E-state index >= 15 is 0 Å². The highest BCUT2D eigenvalue weighted by atomic mass is 14.9. The quantitative estimate of drug-likeness (QED) is 0.348. The van der Waals surface area contributed by atoms with E-state index in [1.54, 1.807) is 0 Å². The third-order valence-corrected chi connectivity index (χ3v) is 7.10. The van der Waals surface area contributed by atoms with E-state index in [9.17, 15) is 5.26 Å². The molecular formula is C28H39N3. The van der Waals surface area contributed by atoms with Gasteiger partial charge < -0.3 is 0 Å². The van der Waals surface area contributed by atoms with Crippen LogP contribution in [0.5, 0.6) is 0 Å². The third-order valence-electron chi connectivity index (χ3n) is 7.10. The zero-order valence-electron chi connectivity index (χ0n) is 19.6. The van der Waals surface area contributed by atoms with Gasteiger partial charge in [0.1, 0.15) is 0 Å². The molecule has 1 heterocycles. The lowest BCUT2D eigenvalue weighted by Gasteiger charge is -2.35. The Hall–Kier alpha value is -2.21. The molecule has 1 saturated carbocycles. The van der Waals surface area contributed by atoms with E-state index in [1.807, 2.05) is 12.4 Å². The van der Waals surface area contributed by atoms with Crippen LogP contribution in [-0.4, -0.2) is 9.97 Å². The minimum atomic E-state index is -0.0717. The summed E-state index contributed by atoms with van der Waals surface area (Å²) in [4.78, 5) is 9.22. The maximum Gasteiger partial charge on any atom is 0.159 e. The van der Waals surface area contributed by atoms with Gasteiger partial charge in [0.25, 0.3) is 0 Å². The SMILES string of the molecule is CCCCCCc1cnc(-c2ccc([C@H]3CC[C@@](C#N)(CCCCC)CC3)cc2)nc1. The van der Waals surface area contributed by atoms with Crippen LogP contribution >= 0.6 is 0 Å². The van der Waals surface area contributed by atoms with Crippen molar-refractivity contribution in [3.8, 4) is 17.5 Å². The summed E-state index contributed by atoms with van der Waals surface area (Å²) in [6.07, 6.45) is 19.2. The molecule has 0 saturated heterocycles. The Kier molecular flexibility index (Phi) is 9.07. The highest BCUT2D eigenvalue weighted by Crippen LogP contribution is 2.45. The summed E-state index contributed by atoms with van der Waals surface area (Å²) in [6, 6.07) is 11.5. The minimum Gasteiger partial charge on any atom is -0.236 e. The summed E-state index contributed by atoms with van der Waals surface area (Å²) in [5.74, 6) is 1.39. The van der Waals surface area contributed by atoms with Crippen molar-refractivity contribution in [1.82, 2.24) is 9.97 Å². The van der Waals surface area contributed by atoms with Crippen LogP contribution in [0.3, 0.4) is 0 Å². The number of hydrogen-bond acceptors (Lipinski definition) is 3. The van der Waals surface area contributed by atoms with Gasteiger partial charge in [-0.2, -0.15) is 5.26 Å². The smallest absolute Gasteiger partial charge is 0.159 e. The maximum atomic E-state index is 9.79. The highest BCUT2D eigenvalue weighted by Gasteiger charge is 2.35. The van der Waals surface area contributed by atoms with Crippen LogP contribution in [0.1, 0.15) is 108 Å². The van der Waals surface area contributed by atoms with Gasteiger partial charge >= 0.3 is 0 Å². The minimum absolute atomic E-state index is 0.0717. The molecule has 0 spiro atoms. The molecule has 3 heteroatoms. The molecule has 1 aromatic carbocycles. The lowest BCUT2D eigenvalue weighted by atomic mass is 9.67. The average Bonchev–Trinajstić information content (AvgIpc) is 2.83. The van der Waals surface area contributed by atoms with Crippen LogP contribution in [0.25, 0.3) is 11.4 Å². The third kappa shape index (κ3) is 6.63. The Morgan fingerprint density at radius 3 is 2.16 bits per heavy atom. The van der Waals surface area contributed by atoms with Gasteiger partial charge in [0.2, 0.25) is 0 Å². The number of hydrogen-bond donors (Lipinski definition) is 0. The predicted octanol–water partition coefficient (Wildman–Crippen LogP) is 8.01. The summed E-state index contributed by atoms with van der Waals surface area (Å²) < 4.78 is 0. The Labute approximate surface area is 189 Å². The van der Waals surface area contributed by atoms with Crippen LogP contribution in [-0.2, 0) is 6.42 Å². The van der Waals surface area contributed by atoms with Crippen molar-refractivity contribution < 1.29 is 0 Å². The second kappa shape index (κ2) is 12.0. The zero-order chi connectivity index (χ0) is 21.9. The van der Waals surface area contributed by atoms with Crippen LogP contribution < -0.4 is 0 Å². The van der Waals surface area contributed by atoms with E-state index < -0.39 is 0 Å². The molecule has 0 amide bonds. The van der Waals surface area contributed by atoms with Crippen LogP contribution in [0.4, 0.5) is 0 Å². The Bertz CT molecular complexity index is 809. The average molecular weight is 418 g/mol. The normalized spacial score (nSPS) is 21.0. The molecule has 0 bridgehead atoms. The van der Waals surface area contributed by atoms with Crippen molar-refractivity contribution >= 4 is 0 Å². The van der Waals surface area contributed by atoms with Gasteiger partial charge in [-0.3, -0.25) is 0 Å². The lowest BCUT2D eigenvalue weighted by molar-refractivity contribution is 0.223. The molecule has 1 aromatic heterocycles. The first-order valence-corrected chi connectivity index (χ1v) is 12.5. The largest absolute Gasteiger partial charge is 0.236 e. The second-order valence-electron chi connectivity index (χ2n) is 9.47. The first-order chi connectivity index (χ1) is 15.2. The number of benzene rings is 1. The van der Waals surface area contributed by atoms with Gasteiger partial charge in [0, 0.05) is 18.0 Å². The van der Waals surface area contributed by atoms with E-state index in [0.717, 1.165) is 49.9 Å². The number of rotatable bonds is 11. The number of aromatic nitrogens is 2. The highest BCUT2D eigenvalue weighted by molar-refractivity contribution is 5.55. The molecule has 3 rings (SSSR count). The fourth-order valence-electron chi connectivity index (χ4n) is 4.93. The van der Waals surface area contributed by atoms with Gasteiger partial charge in [-0.15, -0.1) is 0 Å². The van der Waals surface area contributed by atoms with Gasteiger partial charge in [0.05, 0.1) is 11.5 Å². The van der Waals surface area contributed by atoms with E-state index in [1.165, 1.54) is 56.1 Å². The van der Waals surface area contributed by atoms with Crippen molar-refractivity contribution in [2.75, 3.05) is 0 Å². The van der Waals surface area contributed by atoms with Crippen molar-refractivity contribution in [2.24, 2.45) is 5.41 Å². The van der Waals surface area contributed by atoms with Crippen molar-refractivity contribution in [2.45, 2.75) is 103 Å². The maximum absolute atomic E-state index is 9.79. The van der Waals surface area contributed by atoms with Gasteiger partial charge in [0.15, 0.2) is 5.82 Å². The lowest BCUT2D eigenvalue weighted by Crippen LogP contribution is -2.25. The standard InChI is InChI=1S/C28H39N3/c1-3-5-7-8-10-23-20-30-27(31-21-23)26-13-11-24(12-14-26)25-15-18-28(22-29,19-16-25)17-9-6-4-2/h11-14,20-21,25H,3-10,15-19H2,1-2H3/t25-,28-. The predicted molar refractivity (Wildman–Crippen MR) is 129 cm³/mol. The van der Waals surface area contributed by atoms with Crippen LogP contribution in [0, 0.1) is 16.7 Å². The fraction of sp³-hybridized carbons (Fsp3) is 0.607. The van der Waals surface area contributed by atoms with Crippen molar-refractivity contribution in [3.05, 3.63) is 47.8 Å². The van der Waals surface area contributed by atoms with Gasteiger partial charge in [-0.25, -0.2) is 9.97 Å². The van der Waals surface area contributed by atoms with E-state index in [0.29, 0.717) is 5.92 Å².